The second-order valence-corrected chi connectivity index (χ2v) is 7.05. The molecule has 3 heteroatoms. The van der Waals surface area contributed by atoms with E-state index in [1.54, 1.807) is 0 Å². The number of hydrogen-bond acceptors (Lipinski definition) is 1. The lowest BCUT2D eigenvalue weighted by Crippen LogP contribution is -2.14. The maximum Gasteiger partial charge on any atom is 0.255 e. The highest BCUT2D eigenvalue weighted by atomic mass is 79.9. The number of carbonyl (C=O) groups excluding carboxylic acids is 1. The van der Waals surface area contributed by atoms with Gasteiger partial charge in [0.1, 0.15) is 0 Å². The van der Waals surface area contributed by atoms with Gasteiger partial charge in [-0.05, 0) is 47.7 Å². The van der Waals surface area contributed by atoms with E-state index in [0.29, 0.717) is 5.56 Å². The van der Waals surface area contributed by atoms with Crippen LogP contribution in [0.3, 0.4) is 0 Å². The molecular weight excluding hydrogens is 326 g/mol. The van der Waals surface area contributed by atoms with E-state index in [1.807, 2.05) is 49.4 Å². The Kier molecular flexibility index (Phi) is 4.52. The highest BCUT2D eigenvalue weighted by Gasteiger charge is 2.14. The first kappa shape index (κ1) is 15.8. The van der Waals surface area contributed by atoms with E-state index in [0.717, 1.165) is 15.7 Å². The molecule has 2 aromatic rings. The minimum absolute atomic E-state index is 0.0864. The lowest BCUT2D eigenvalue weighted by molar-refractivity contribution is 0.102. The molecule has 0 radical (unpaired) electrons. The van der Waals surface area contributed by atoms with Gasteiger partial charge < -0.3 is 5.32 Å². The molecule has 1 amide bonds. The molecule has 0 fully saturated rings. The van der Waals surface area contributed by atoms with Crippen LogP contribution in [0.5, 0.6) is 0 Å². The molecule has 0 bridgehead atoms. The molecular formula is C18H20BrNO. The number of rotatable bonds is 2. The van der Waals surface area contributed by atoms with Gasteiger partial charge in [-0.1, -0.05) is 54.9 Å². The molecule has 21 heavy (non-hydrogen) atoms. The number of halogens is 1. The Morgan fingerprint density at radius 3 is 2.24 bits per heavy atom. The van der Waals surface area contributed by atoms with Gasteiger partial charge in [0, 0.05) is 15.7 Å². The fourth-order valence-corrected chi connectivity index (χ4v) is 2.43. The predicted octanol–water partition coefficient (Wildman–Crippen LogP) is 5.31. The molecule has 110 valence electrons. The van der Waals surface area contributed by atoms with E-state index < -0.39 is 0 Å². The van der Waals surface area contributed by atoms with Crippen molar-refractivity contribution in [1.82, 2.24) is 0 Å². The summed E-state index contributed by atoms with van der Waals surface area (Å²) in [4.78, 5) is 12.3. The van der Waals surface area contributed by atoms with Crippen LogP contribution in [0.1, 0.15) is 42.3 Å². The van der Waals surface area contributed by atoms with Crippen LogP contribution in [0, 0.1) is 6.92 Å². The quantitative estimate of drug-likeness (QED) is 0.785. The van der Waals surface area contributed by atoms with Crippen molar-refractivity contribution in [2.75, 3.05) is 5.32 Å². The summed E-state index contributed by atoms with van der Waals surface area (Å²) in [5.74, 6) is -0.0864. The van der Waals surface area contributed by atoms with Gasteiger partial charge in [0.05, 0.1) is 0 Å². The van der Waals surface area contributed by atoms with E-state index in [1.165, 1.54) is 5.56 Å². The van der Waals surface area contributed by atoms with Gasteiger partial charge >= 0.3 is 0 Å². The van der Waals surface area contributed by atoms with Crippen molar-refractivity contribution in [2.24, 2.45) is 0 Å². The van der Waals surface area contributed by atoms with Crippen LogP contribution >= 0.6 is 15.9 Å². The SMILES string of the molecule is Cc1c(Br)cccc1NC(=O)c1ccc(C(C)(C)C)cc1. The molecule has 1 N–H and O–H groups in total. The molecule has 0 aliphatic heterocycles. The molecule has 0 aliphatic rings. The van der Waals surface area contributed by atoms with Crippen LogP contribution in [-0.2, 0) is 5.41 Å². The fourth-order valence-electron chi connectivity index (χ4n) is 2.06. The average Bonchev–Trinajstić information content (AvgIpc) is 2.43. The van der Waals surface area contributed by atoms with E-state index in [2.05, 4.69) is 42.0 Å². The van der Waals surface area contributed by atoms with Crippen LogP contribution in [0.25, 0.3) is 0 Å². The number of amides is 1. The Hall–Kier alpha value is -1.61. The van der Waals surface area contributed by atoms with Crippen molar-refractivity contribution in [2.45, 2.75) is 33.1 Å². The Bertz CT molecular complexity index is 654. The lowest BCUT2D eigenvalue weighted by atomic mass is 9.87. The van der Waals surface area contributed by atoms with Gasteiger partial charge in [0.15, 0.2) is 0 Å². The third-order valence-electron chi connectivity index (χ3n) is 3.53. The Balaban J connectivity index is 2.19. The zero-order valence-electron chi connectivity index (χ0n) is 12.8. The van der Waals surface area contributed by atoms with Crippen LogP contribution in [-0.4, -0.2) is 5.91 Å². The monoisotopic (exact) mass is 345 g/mol. The predicted molar refractivity (Wildman–Crippen MR) is 92.0 cm³/mol. The number of benzene rings is 2. The molecule has 0 unspecified atom stereocenters. The van der Waals surface area contributed by atoms with Crippen molar-refractivity contribution < 1.29 is 4.79 Å². The van der Waals surface area contributed by atoms with Crippen molar-refractivity contribution in [3.8, 4) is 0 Å². The topological polar surface area (TPSA) is 29.1 Å². The fraction of sp³-hybridized carbons (Fsp3) is 0.278. The number of anilines is 1. The first-order chi connectivity index (χ1) is 9.79. The summed E-state index contributed by atoms with van der Waals surface area (Å²) >= 11 is 3.47. The average molecular weight is 346 g/mol. The van der Waals surface area contributed by atoms with E-state index in [-0.39, 0.29) is 11.3 Å². The summed E-state index contributed by atoms with van der Waals surface area (Å²) in [5.41, 5.74) is 3.84. The van der Waals surface area contributed by atoms with Gasteiger partial charge in [-0.3, -0.25) is 4.79 Å². The summed E-state index contributed by atoms with van der Waals surface area (Å²) in [6.07, 6.45) is 0. The molecule has 0 saturated heterocycles. The molecule has 0 heterocycles. The largest absolute Gasteiger partial charge is 0.322 e. The van der Waals surface area contributed by atoms with E-state index in [4.69, 9.17) is 0 Å². The zero-order valence-corrected chi connectivity index (χ0v) is 14.4. The highest BCUT2D eigenvalue weighted by molar-refractivity contribution is 9.10. The summed E-state index contributed by atoms with van der Waals surface area (Å²) in [6, 6.07) is 13.6. The summed E-state index contributed by atoms with van der Waals surface area (Å²) in [6.45, 7) is 8.45. The smallest absolute Gasteiger partial charge is 0.255 e. The third-order valence-corrected chi connectivity index (χ3v) is 4.39. The van der Waals surface area contributed by atoms with Crippen molar-refractivity contribution in [1.29, 1.82) is 0 Å². The van der Waals surface area contributed by atoms with Crippen LogP contribution < -0.4 is 5.32 Å². The maximum absolute atomic E-state index is 12.3. The minimum atomic E-state index is -0.0864. The van der Waals surface area contributed by atoms with Crippen LogP contribution in [0.2, 0.25) is 0 Å². The normalized spacial score (nSPS) is 11.3. The summed E-state index contributed by atoms with van der Waals surface area (Å²) in [5, 5.41) is 2.96. The molecule has 2 rings (SSSR count). The molecule has 0 saturated carbocycles. The van der Waals surface area contributed by atoms with Crippen molar-refractivity contribution in [3.05, 3.63) is 63.6 Å². The standard InChI is InChI=1S/C18H20BrNO/c1-12-15(19)6-5-7-16(12)20-17(21)13-8-10-14(11-9-13)18(2,3)4/h5-11H,1-4H3,(H,20,21). The van der Waals surface area contributed by atoms with Gasteiger partial charge in [0.25, 0.3) is 5.91 Å². The van der Waals surface area contributed by atoms with Gasteiger partial charge in [-0.15, -0.1) is 0 Å². The number of hydrogen-bond donors (Lipinski definition) is 1. The third kappa shape index (κ3) is 3.73. The zero-order chi connectivity index (χ0) is 15.6. The summed E-state index contributed by atoms with van der Waals surface area (Å²) in [7, 11) is 0. The molecule has 2 aromatic carbocycles. The van der Waals surface area contributed by atoms with Crippen molar-refractivity contribution >= 4 is 27.5 Å². The minimum Gasteiger partial charge on any atom is -0.322 e. The first-order valence-corrected chi connectivity index (χ1v) is 7.75. The maximum atomic E-state index is 12.3. The molecule has 0 aromatic heterocycles. The molecule has 2 nitrogen and oxygen atoms in total. The molecule has 0 spiro atoms. The van der Waals surface area contributed by atoms with Crippen LogP contribution in [0.4, 0.5) is 5.69 Å². The second-order valence-electron chi connectivity index (χ2n) is 6.19. The number of nitrogens with one attached hydrogen (secondary N) is 1. The van der Waals surface area contributed by atoms with Gasteiger partial charge in [-0.2, -0.15) is 0 Å². The Morgan fingerprint density at radius 1 is 1.05 bits per heavy atom. The lowest BCUT2D eigenvalue weighted by Gasteiger charge is -2.19. The van der Waals surface area contributed by atoms with E-state index in [9.17, 15) is 4.79 Å². The Labute approximate surface area is 134 Å². The van der Waals surface area contributed by atoms with Crippen molar-refractivity contribution in [3.63, 3.8) is 0 Å². The molecule has 0 atom stereocenters. The first-order valence-electron chi connectivity index (χ1n) is 6.96. The Morgan fingerprint density at radius 2 is 1.67 bits per heavy atom. The summed E-state index contributed by atoms with van der Waals surface area (Å²) < 4.78 is 0.989. The highest BCUT2D eigenvalue weighted by Crippen LogP contribution is 2.25. The molecule has 0 aliphatic carbocycles. The van der Waals surface area contributed by atoms with E-state index >= 15 is 0 Å². The second kappa shape index (κ2) is 6.02. The van der Waals surface area contributed by atoms with Gasteiger partial charge in [-0.25, -0.2) is 0 Å². The number of carbonyl (C=O) groups is 1. The van der Waals surface area contributed by atoms with Crippen LogP contribution in [0.15, 0.2) is 46.9 Å². The van der Waals surface area contributed by atoms with Gasteiger partial charge in [0.2, 0.25) is 0 Å².